The van der Waals surface area contributed by atoms with Gasteiger partial charge in [0.05, 0.1) is 0 Å². The standard InChI is InChI=1S/C26H40O6/c1-17(13-23(29)30)9-7-11-25(3,4)19-15-22(28)20(16-21(19)27)26(5,6)12-8-10-18(2)14-24(31)32/h15-18H,7-14H2,1-6H3,(H,29,30)(H,31,32). The van der Waals surface area contributed by atoms with E-state index >= 15 is 0 Å². The number of hydrogen-bond acceptors (Lipinski definition) is 4. The number of carboxylic acids is 2. The summed E-state index contributed by atoms with van der Waals surface area (Å²) in [5.74, 6) is -1.71. The van der Waals surface area contributed by atoms with Gasteiger partial charge in [-0.25, -0.2) is 0 Å². The molecule has 1 aliphatic carbocycles. The molecule has 0 aromatic heterocycles. The molecule has 0 radical (unpaired) electrons. The summed E-state index contributed by atoms with van der Waals surface area (Å²) in [5.41, 5.74) is 0.105. The van der Waals surface area contributed by atoms with Gasteiger partial charge in [0.1, 0.15) is 0 Å². The van der Waals surface area contributed by atoms with Gasteiger partial charge in [0.25, 0.3) is 0 Å². The largest absolute Gasteiger partial charge is 0.481 e. The molecule has 32 heavy (non-hydrogen) atoms. The van der Waals surface area contributed by atoms with E-state index in [0.29, 0.717) is 24.0 Å². The van der Waals surface area contributed by atoms with E-state index in [-0.39, 0.29) is 36.2 Å². The van der Waals surface area contributed by atoms with Gasteiger partial charge in [-0.1, -0.05) is 67.2 Å². The Bertz CT molecular complexity index is 718. The molecular formula is C26H40O6. The first-order valence-electron chi connectivity index (χ1n) is 11.6. The zero-order valence-corrected chi connectivity index (χ0v) is 20.5. The van der Waals surface area contributed by atoms with Gasteiger partial charge in [-0.05, 0) is 47.7 Å². The Kier molecular flexibility index (Phi) is 10.1. The Morgan fingerprint density at radius 2 is 1.06 bits per heavy atom. The van der Waals surface area contributed by atoms with E-state index in [9.17, 15) is 19.2 Å². The Morgan fingerprint density at radius 1 is 0.750 bits per heavy atom. The molecule has 2 N–H and O–H groups in total. The number of rotatable bonds is 14. The number of aliphatic carboxylic acids is 2. The Balaban J connectivity index is 2.75. The average molecular weight is 449 g/mol. The van der Waals surface area contributed by atoms with Crippen molar-refractivity contribution in [1.82, 2.24) is 0 Å². The second-order valence-corrected chi connectivity index (χ2v) is 10.8. The first-order valence-corrected chi connectivity index (χ1v) is 11.6. The van der Waals surface area contributed by atoms with Crippen molar-refractivity contribution in [3.05, 3.63) is 23.3 Å². The summed E-state index contributed by atoms with van der Waals surface area (Å²) in [4.78, 5) is 47.6. The van der Waals surface area contributed by atoms with Gasteiger partial charge in [0.15, 0.2) is 11.6 Å². The van der Waals surface area contributed by atoms with Crippen molar-refractivity contribution >= 4 is 23.5 Å². The van der Waals surface area contributed by atoms with Crippen LogP contribution in [0, 0.1) is 22.7 Å². The first-order chi connectivity index (χ1) is 14.7. The topological polar surface area (TPSA) is 109 Å². The van der Waals surface area contributed by atoms with E-state index in [4.69, 9.17) is 10.2 Å². The lowest BCUT2D eigenvalue weighted by atomic mass is 9.70. The van der Waals surface area contributed by atoms with Crippen LogP contribution in [0.4, 0.5) is 0 Å². The van der Waals surface area contributed by atoms with Crippen molar-refractivity contribution in [2.45, 2.75) is 92.9 Å². The van der Waals surface area contributed by atoms with Crippen LogP contribution in [0.15, 0.2) is 23.3 Å². The van der Waals surface area contributed by atoms with Crippen molar-refractivity contribution < 1.29 is 29.4 Å². The van der Waals surface area contributed by atoms with Gasteiger partial charge < -0.3 is 10.2 Å². The van der Waals surface area contributed by atoms with Gasteiger partial charge in [-0.2, -0.15) is 0 Å². The molecule has 0 spiro atoms. The normalized spacial score (nSPS) is 16.9. The molecule has 180 valence electrons. The quantitative estimate of drug-likeness (QED) is 0.335. The highest BCUT2D eigenvalue weighted by Crippen LogP contribution is 2.40. The summed E-state index contributed by atoms with van der Waals surface area (Å²) in [5, 5.41) is 17.8. The molecule has 0 saturated carbocycles. The lowest BCUT2D eigenvalue weighted by molar-refractivity contribution is -0.139. The molecule has 6 heteroatoms. The van der Waals surface area contributed by atoms with E-state index in [1.807, 2.05) is 41.5 Å². The zero-order valence-electron chi connectivity index (χ0n) is 20.5. The van der Waals surface area contributed by atoms with Crippen LogP contribution in [0.1, 0.15) is 92.9 Å². The summed E-state index contributed by atoms with van der Waals surface area (Å²) < 4.78 is 0. The van der Waals surface area contributed by atoms with Crippen molar-refractivity contribution in [1.29, 1.82) is 0 Å². The molecule has 2 unspecified atom stereocenters. The van der Waals surface area contributed by atoms with Gasteiger partial charge in [0, 0.05) is 24.0 Å². The summed E-state index contributed by atoms with van der Waals surface area (Å²) in [6.07, 6.45) is 7.77. The molecule has 0 aliphatic heterocycles. The molecule has 1 aliphatic rings. The van der Waals surface area contributed by atoms with Crippen molar-refractivity contribution in [2.24, 2.45) is 22.7 Å². The van der Waals surface area contributed by atoms with Crippen molar-refractivity contribution in [3.63, 3.8) is 0 Å². The highest BCUT2D eigenvalue weighted by Gasteiger charge is 2.36. The molecule has 0 bridgehead atoms. The van der Waals surface area contributed by atoms with Crippen LogP contribution >= 0.6 is 0 Å². The van der Waals surface area contributed by atoms with E-state index in [2.05, 4.69) is 0 Å². The summed E-state index contributed by atoms with van der Waals surface area (Å²) in [6, 6.07) is 0. The number of carbonyl (C=O) groups is 4. The maximum Gasteiger partial charge on any atom is 0.303 e. The molecule has 1 rings (SSSR count). The van der Waals surface area contributed by atoms with E-state index in [1.165, 1.54) is 12.2 Å². The minimum absolute atomic E-state index is 0.0754. The van der Waals surface area contributed by atoms with Crippen LogP contribution in [0.5, 0.6) is 0 Å². The predicted octanol–water partition coefficient (Wildman–Crippen LogP) is 5.61. The minimum Gasteiger partial charge on any atom is -0.481 e. The Labute approximate surface area is 192 Å². The third-order valence-corrected chi connectivity index (χ3v) is 6.58. The molecular weight excluding hydrogens is 408 g/mol. The van der Waals surface area contributed by atoms with Crippen LogP contribution in [0.25, 0.3) is 0 Å². The van der Waals surface area contributed by atoms with Crippen LogP contribution in [0.2, 0.25) is 0 Å². The van der Waals surface area contributed by atoms with Gasteiger partial charge in [-0.3, -0.25) is 19.2 Å². The maximum absolute atomic E-state index is 12.9. The predicted molar refractivity (Wildman–Crippen MR) is 124 cm³/mol. The third-order valence-electron chi connectivity index (χ3n) is 6.58. The fraction of sp³-hybridized carbons (Fsp3) is 0.692. The number of carboxylic acid groups (broad SMARTS) is 2. The van der Waals surface area contributed by atoms with E-state index < -0.39 is 22.8 Å². The van der Waals surface area contributed by atoms with Crippen LogP contribution in [0.3, 0.4) is 0 Å². The molecule has 0 aromatic carbocycles. The Hall–Kier alpha value is -2.24. The fourth-order valence-corrected chi connectivity index (χ4v) is 4.47. The van der Waals surface area contributed by atoms with Crippen LogP contribution in [-0.4, -0.2) is 33.7 Å². The van der Waals surface area contributed by atoms with Crippen molar-refractivity contribution in [2.75, 3.05) is 0 Å². The van der Waals surface area contributed by atoms with Gasteiger partial charge in [0.2, 0.25) is 0 Å². The highest BCUT2D eigenvalue weighted by atomic mass is 16.4. The molecule has 0 heterocycles. The highest BCUT2D eigenvalue weighted by molar-refractivity contribution is 6.20. The number of allylic oxidation sites excluding steroid dienone is 4. The second-order valence-electron chi connectivity index (χ2n) is 10.8. The summed E-state index contributed by atoms with van der Waals surface area (Å²) >= 11 is 0. The van der Waals surface area contributed by atoms with Gasteiger partial charge >= 0.3 is 11.9 Å². The smallest absolute Gasteiger partial charge is 0.303 e. The Morgan fingerprint density at radius 3 is 1.34 bits per heavy atom. The van der Waals surface area contributed by atoms with Crippen LogP contribution < -0.4 is 0 Å². The summed E-state index contributed by atoms with van der Waals surface area (Å²) in [6.45, 7) is 11.7. The SMILES string of the molecule is CC(CCCC(C)(C)C1=CC(=O)C(C(C)(C)CCCC(C)CC(=O)O)=CC1=O)CC(=O)O. The van der Waals surface area contributed by atoms with Crippen LogP contribution in [-0.2, 0) is 19.2 Å². The maximum atomic E-state index is 12.9. The average Bonchev–Trinajstić information content (AvgIpc) is 2.61. The zero-order chi connectivity index (χ0) is 24.7. The molecule has 0 amide bonds. The number of ketones is 2. The molecule has 2 atom stereocenters. The first kappa shape index (κ1) is 27.8. The van der Waals surface area contributed by atoms with E-state index in [0.717, 1.165) is 25.7 Å². The number of hydrogen-bond donors (Lipinski definition) is 2. The number of carbonyl (C=O) groups excluding carboxylic acids is 2. The van der Waals surface area contributed by atoms with Gasteiger partial charge in [-0.15, -0.1) is 0 Å². The second kappa shape index (κ2) is 11.6. The fourth-order valence-electron chi connectivity index (χ4n) is 4.47. The van der Waals surface area contributed by atoms with Crippen molar-refractivity contribution in [3.8, 4) is 0 Å². The lowest BCUT2D eigenvalue weighted by Gasteiger charge is -2.33. The molecule has 0 saturated heterocycles. The molecule has 0 aromatic rings. The molecule has 6 nitrogen and oxygen atoms in total. The monoisotopic (exact) mass is 448 g/mol. The molecule has 0 fully saturated rings. The lowest BCUT2D eigenvalue weighted by Crippen LogP contribution is -2.30. The minimum atomic E-state index is -0.802. The summed E-state index contributed by atoms with van der Waals surface area (Å²) in [7, 11) is 0. The third kappa shape index (κ3) is 8.71. The van der Waals surface area contributed by atoms with E-state index in [1.54, 1.807) is 0 Å².